The maximum Gasteiger partial charge on any atom is 0.324 e. The predicted molar refractivity (Wildman–Crippen MR) is 58.6 cm³/mol. The maximum absolute atomic E-state index is 11.4. The Morgan fingerprint density at radius 2 is 2.33 bits per heavy atom. The number of nitrogens with one attached hydrogen (secondary N) is 1. The molecule has 0 aliphatic rings. The fourth-order valence-electron chi connectivity index (χ4n) is 0.904. The molecule has 1 amide bonds. The van der Waals surface area contributed by atoms with Gasteiger partial charge in [-0.25, -0.2) is 0 Å². The van der Waals surface area contributed by atoms with Crippen molar-refractivity contribution in [1.82, 2.24) is 5.32 Å². The standard InChI is InChI=1S/C8H9ClN2O3S/c9-4-1-5-10-8(12)6-2-3-7(15-6)11(13)14/h2-3H,1,4-5H2,(H,10,12). The van der Waals surface area contributed by atoms with Crippen LogP contribution >= 0.6 is 22.9 Å². The Morgan fingerprint density at radius 3 is 2.87 bits per heavy atom. The van der Waals surface area contributed by atoms with Crippen LogP contribution in [0.2, 0.25) is 0 Å². The van der Waals surface area contributed by atoms with Crippen LogP contribution in [0.3, 0.4) is 0 Å². The Hall–Kier alpha value is -1.14. The molecule has 0 bridgehead atoms. The SMILES string of the molecule is O=C(NCCCCl)c1ccc([N+](=O)[O-])s1. The largest absolute Gasteiger partial charge is 0.351 e. The zero-order valence-electron chi connectivity index (χ0n) is 7.73. The molecule has 1 heterocycles. The maximum atomic E-state index is 11.4. The fourth-order valence-corrected chi connectivity index (χ4v) is 1.77. The van der Waals surface area contributed by atoms with Gasteiger partial charge in [0.25, 0.3) is 5.91 Å². The summed E-state index contributed by atoms with van der Waals surface area (Å²) < 4.78 is 0. The molecular formula is C8H9ClN2O3S. The molecule has 0 saturated carbocycles. The first-order valence-corrected chi connectivity index (χ1v) is 5.58. The number of amides is 1. The average Bonchev–Trinajstić information content (AvgIpc) is 2.66. The monoisotopic (exact) mass is 248 g/mol. The molecular weight excluding hydrogens is 240 g/mol. The molecule has 7 heteroatoms. The van der Waals surface area contributed by atoms with E-state index in [0.29, 0.717) is 23.7 Å². The number of thiophene rings is 1. The number of carbonyl (C=O) groups excluding carboxylic acids is 1. The van der Waals surface area contributed by atoms with E-state index in [-0.39, 0.29) is 10.9 Å². The summed E-state index contributed by atoms with van der Waals surface area (Å²) in [5, 5.41) is 13.0. The van der Waals surface area contributed by atoms with Gasteiger partial charge in [0.05, 0.1) is 9.80 Å². The summed E-state index contributed by atoms with van der Waals surface area (Å²) in [6.45, 7) is 0.480. The van der Waals surface area contributed by atoms with Crippen molar-refractivity contribution in [2.45, 2.75) is 6.42 Å². The van der Waals surface area contributed by atoms with Crippen LogP contribution in [0.4, 0.5) is 5.00 Å². The summed E-state index contributed by atoms with van der Waals surface area (Å²) in [4.78, 5) is 21.6. The van der Waals surface area contributed by atoms with Crippen molar-refractivity contribution in [1.29, 1.82) is 0 Å². The minimum atomic E-state index is -0.514. The predicted octanol–water partition coefficient (Wildman–Crippen LogP) is 2.02. The Morgan fingerprint density at radius 1 is 1.60 bits per heavy atom. The molecule has 0 saturated heterocycles. The van der Waals surface area contributed by atoms with Gasteiger partial charge in [-0.05, 0) is 12.5 Å². The number of halogens is 1. The van der Waals surface area contributed by atoms with Crippen molar-refractivity contribution in [3.8, 4) is 0 Å². The first-order chi connectivity index (χ1) is 7.15. The highest BCUT2D eigenvalue weighted by Gasteiger charge is 2.14. The Balaban J connectivity index is 2.54. The van der Waals surface area contributed by atoms with E-state index in [9.17, 15) is 14.9 Å². The van der Waals surface area contributed by atoms with Crippen molar-refractivity contribution in [3.63, 3.8) is 0 Å². The molecule has 5 nitrogen and oxygen atoms in total. The van der Waals surface area contributed by atoms with Gasteiger partial charge in [0.1, 0.15) is 0 Å². The van der Waals surface area contributed by atoms with Crippen LogP contribution in [-0.4, -0.2) is 23.3 Å². The molecule has 82 valence electrons. The van der Waals surface area contributed by atoms with Crippen LogP contribution in [0, 0.1) is 10.1 Å². The van der Waals surface area contributed by atoms with Gasteiger partial charge in [0.15, 0.2) is 0 Å². The van der Waals surface area contributed by atoms with Crippen LogP contribution in [0.15, 0.2) is 12.1 Å². The lowest BCUT2D eigenvalue weighted by Crippen LogP contribution is -2.23. The number of alkyl halides is 1. The van der Waals surface area contributed by atoms with Crippen molar-refractivity contribution in [3.05, 3.63) is 27.1 Å². The Labute approximate surface area is 95.2 Å². The fraction of sp³-hybridized carbons (Fsp3) is 0.375. The van der Waals surface area contributed by atoms with Gasteiger partial charge in [0.2, 0.25) is 0 Å². The highest BCUT2D eigenvalue weighted by Crippen LogP contribution is 2.23. The summed E-state index contributed by atoms with van der Waals surface area (Å²) in [7, 11) is 0. The second-order valence-electron chi connectivity index (χ2n) is 2.69. The zero-order valence-corrected chi connectivity index (χ0v) is 9.31. The van der Waals surface area contributed by atoms with Crippen molar-refractivity contribution in [2.75, 3.05) is 12.4 Å². The van der Waals surface area contributed by atoms with Gasteiger partial charge < -0.3 is 5.32 Å². The highest BCUT2D eigenvalue weighted by atomic mass is 35.5. The van der Waals surface area contributed by atoms with Crippen LogP contribution in [0.1, 0.15) is 16.1 Å². The third kappa shape index (κ3) is 3.49. The quantitative estimate of drug-likeness (QED) is 0.375. The van der Waals surface area contributed by atoms with E-state index in [4.69, 9.17) is 11.6 Å². The summed E-state index contributed by atoms with van der Waals surface area (Å²) in [5.41, 5.74) is 0. The third-order valence-corrected chi connectivity index (χ3v) is 2.89. The van der Waals surface area contributed by atoms with E-state index in [1.165, 1.54) is 12.1 Å². The molecule has 0 fully saturated rings. The van der Waals surface area contributed by atoms with Crippen LogP contribution < -0.4 is 5.32 Å². The van der Waals surface area contributed by atoms with E-state index in [0.717, 1.165) is 11.3 Å². The van der Waals surface area contributed by atoms with Crippen LogP contribution in [0.5, 0.6) is 0 Å². The summed E-state index contributed by atoms with van der Waals surface area (Å²) in [6.07, 6.45) is 0.681. The molecule has 0 aliphatic heterocycles. The highest BCUT2D eigenvalue weighted by molar-refractivity contribution is 7.17. The molecule has 1 aromatic rings. The minimum Gasteiger partial charge on any atom is -0.351 e. The van der Waals surface area contributed by atoms with E-state index < -0.39 is 4.92 Å². The normalized spacial score (nSPS) is 9.93. The topological polar surface area (TPSA) is 72.2 Å². The van der Waals surface area contributed by atoms with Gasteiger partial charge in [-0.2, -0.15) is 0 Å². The molecule has 1 N–H and O–H groups in total. The van der Waals surface area contributed by atoms with E-state index in [2.05, 4.69) is 5.32 Å². The summed E-state index contributed by atoms with van der Waals surface area (Å²) in [5.74, 6) is 0.184. The van der Waals surface area contributed by atoms with Crippen molar-refractivity contribution in [2.24, 2.45) is 0 Å². The van der Waals surface area contributed by atoms with E-state index in [1.807, 2.05) is 0 Å². The first kappa shape index (κ1) is 11.9. The molecule has 0 atom stereocenters. The smallest absolute Gasteiger partial charge is 0.324 e. The number of nitro groups is 1. The number of nitrogens with zero attached hydrogens (tertiary/aromatic N) is 1. The van der Waals surface area contributed by atoms with Gasteiger partial charge in [-0.3, -0.25) is 14.9 Å². The molecule has 0 aliphatic carbocycles. The van der Waals surface area contributed by atoms with E-state index >= 15 is 0 Å². The average molecular weight is 249 g/mol. The lowest BCUT2D eigenvalue weighted by Gasteiger charge is -1.99. The number of carbonyl (C=O) groups is 1. The van der Waals surface area contributed by atoms with Gasteiger partial charge in [0, 0.05) is 18.5 Å². The summed E-state index contributed by atoms with van der Waals surface area (Å²) >= 11 is 6.30. The molecule has 1 rings (SSSR count). The van der Waals surface area contributed by atoms with Crippen LogP contribution in [-0.2, 0) is 0 Å². The van der Waals surface area contributed by atoms with Crippen LogP contribution in [0.25, 0.3) is 0 Å². The van der Waals surface area contributed by atoms with Gasteiger partial charge >= 0.3 is 5.00 Å². The van der Waals surface area contributed by atoms with Gasteiger partial charge in [-0.1, -0.05) is 11.3 Å². The molecule has 15 heavy (non-hydrogen) atoms. The second-order valence-corrected chi connectivity index (χ2v) is 4.13. The third-order valence-electron chi connectivity index (χ3n) is 1.59. The number of hydrogen-bond acceptors (Lipinski definition) is 4. The van der Waals surface area contributed by atoms with Gasteiger partial charge in [-0.15, -0.1) is 11.6 Å². The summed E-state index contributed by atoms with van der Waals surface area (Å²) in [6, 6.07) is 2.76. The molecule has 0 unspecified atom stereocenters. The lowest BCUT2D eigenvalue weighted by atomic mass is 10.4. The molecule has 1 aromatic heterocycles. The zero-order chi connectivity index (χ0) is 11.3. The lowest BCUT2D eigenvalue weighted by molar-refractivity contribution is -0.380. The molecule has 0 spiro atoms. The number of rotatable bonds is 5. The second kappa shape index (κ2) is 5.67. The Kier molecular flexibility index (Phi) is 4.51. The first-order valence-electron chi connectivity index (χ1n) is 4.23. The molecule has 0 radical (unpaired) electrons. The minimum absolute atomic E-state index is 0.0301. The van der Waals surface area contributed by atoms with E-state index in [1.54, 1.807) is 0 Å². The van der Waals surface area contributed by atoms with Crippen molar-refractivity contribution < 1.29 is 9.72 Å². The number of hydrogen-bond donors (Lipinski definition) is 1. The van der Waals surface area contributed by atoms with Crippen molar-refractivity contribution >= 4 is 33.8 Å². The molecule has 0 aromatic carbocycles. The Bertz CT molecular complexity index is 367.